The predicted molar refractivity (Wildman–Crippen MR) is 117 cm³/mol. The van der Waals surface area contributed by atoms with E-state index in [0.717, 1.165) is 30.5 Å². The standard InChI is InChI=1S/C24H29N3O3/c1-3-4-8-18-11-13-20(14-12-18)25-22(28)16-15-21-23(29)27(24(30)26-21)17(2)19-9-6-5-7-10-19/h5-7,9-14,17,21H,3-4,8,15-16H2,1-2H3,(H,25,28)(H,26,30)/t17-,21+/m0/s1. The number of urea groups is 1. The van der Waals surface area contributed by atoms with E-state index in [2.05, 4.69) is 17.6 Å². The van der Waals surface area contributed by atoms with Crippen LogP contribution < -0.4 is 10.6 Å². The lowest BCUT2D eigenvalue weighted by Gasteiger charge is -2.21. The third kappa shape index (κ3) is 5.26. The van der Waals surface area contributed by atoms with Crippen LogP contribution in [0.4, 0.5) is 10.5 Å². The van der Waals surface area contributed by atoms with Gasteiger partial charge in [-0.15, -0.1) is 0 Å². The Morgan fingerprint density at radius 2 is 1.80 bits per heavy atom. The normalized spacial score (nSPS) is 17.0. The molecule has 1 aliphatic rings. The van der Waals surface area contributed by atoms with E-state index < -0.39 is 12.1 Å². The topological polar surface area (TPSA) is 78.5 Å². The summed E-state index contributed by atoms with van der Waals surface area (Å²) in [7, 11) is 0. The second-order valence-electron chi connectivity index (χ2n) is 7.68. The highest BCUT2D eigenvalue weighted by atomic mass is 16.2. The Kier molecular flexibility index (Phi) is 7.22. The second-order valence-corrected chi connectivity index (χ2v) is 7.68. The van der Waals surface area contributed by atoms with Crippen LogP contribution in [0.25, 0.3) is 0 Å². The third-order valence-electron chi connectivity index (χ3n) is 5.44. The average Bonchev–Trinajstić information content (AvgIpc) is 3.05. The molecule has 1 heterocycles. The Morgan fingerprint density at radius 1 is 1.10 bits per heavy atom. The van der Waals surface area contributed by atoms with Crippen molar-refractivity contribution in [2.75, 3.05) is 5.32 Å². The van der Waals surface area contributed by atoms with Crippen molar-refractivity contribution in [2.45, 2.75) is 58.0 Å². The molecule has 30 heavy (non-hydrogen) atoms. The van der Waals surface area contributed by atoms with Gasteiger partial charge in [-0.2, -0.15) is 0 Å². The van der Waals surface area contributed by atoms with E-state index in [9.17, 15) is 14.4 Å². The first kappa shape index (κ1) is 21.6. The number of hydrogen-bond acceptors (Lipinski definition) is 3. The fourth-order valence-electron chi connectivity index (χ4n) is 3.63. The summed E-state index contributed by atoms with van der Waals surface area (Å²) in [6.45, 7) is 3.99. The SMILES string of the molecule is CCCCc1ccc(NC(=O)CC[C@H]2NC(=O)N([C@@H](C)c3ccccc3)C2=O)cc1. The van der Waals surface area contributed by atoms with Gasteiger partial charge >= 0.3 is 6.03 Å². The van der Waals surface area contributed by atoms with Gasteiger partial charge in [-0.3, -0.25) is 14.5 Å². The minimum Gasteiger partial charge on any atom is -0.326 e. The number of rotatable bonds is 9. The van der Waals surface area contributed by atoms with Crippen LogP contribution in [0.3, 0.4) is 0 Å². The van der Waals surface area contributed by atoms with Crippen molar-refractivity contribution in [3.05, 3.63) is 65.7 Å². The van der Waals surface area contributed by atoms with Gasteiger partial charge in [0.2, 0.25) is 5.91 Å². The quantitative estimate of drug-likeness (QED) is 0.604. The van der Waals surface area contributed by atoms with Gasteiger partial charge < -0.3 is 10.6 Å². The highest BCUT2D eigenvalue weighted by Gasteiger charge is 2.40. The number of aryl methyl sites for hydroxylation is 1. The van der Waals surface area contributed by atoms with Crippen LogP contribution in [0.1, 0.15) is 56.7 Å². The summed E-state index contributed by atoms with van der Waals surface area (Å²) in [5.74, 6) is -0.461. The number of anilines is 1. The Hall–Kier alpha value is -3.15. The van der Waals surface area contributed by atoms with Crippen molar-refractivity contribution in [1.29, 1.82) is 0 Å². The van der Waals surface area contributed by atoms with Gasteiger partial charge in [-0.1, -0.05) is 55.8 Å². The highest BCUT2D eigenvalue weighted by molar-refractivity contribution is 6.05. The van der Waals surface area contributed by atoms with Gasteiger partial charge in [0.05, 0.1) is 6.04 Å². The molecule has 6 nitrogen and oxygen atoms in total. The van der Waals surface area contributed by atoms with Crippen LogP contribution in [-0.2, 0) is 16.0 Å². The molecule has 2 N–H and O–H groups in total. The van der Waals surface area contributed by atoms with E-state index in [1.165, 1.54) is 10.5 Å². The van der Waals surface area contributed by atoms with E-state index in [1.807, 2.05) is 61.5 Å². The summed E-state index contributed by atoms with van der Waals surface area (Å²) in [5.41, 5.74) is 2.88. The summed E-state index contributed by atoms with van der Waals surface area (Å²) >= 11 is 0. The minimum atomic E-state index is -0.675. The Balaban J connectivity index is 1.51. The predicted octanol–water partition coefficient (Wildman–Crippen LogP) is 4.43. The first-order valence-corrected chi connectivity index (χ1v) is 10.6. The molecule has 3 rings (SSSR count). The van der Waals surface area contributed by atoms with Crippen LogP contribution in [-0.4, -0.2) is 28.8 Å². The maximum absolute atomic E-state index is 12.7. The van der Waals surface area contributed by atoms with E-state index in [4.69, 9.17) is 0 Å². The molecule has 0 unspecified atom stereocenters. The lowest BCUT2D eigenvalue weighted by atomic mass is 10.1. The number of benzene rings is 2. The zero-order valence-corrected chi connectivity index (χ0v) is 17.6. The molecule has 158 valence electrons. The maximum Gasteiger partial charge on any atom is 0.325 e. The summed E-state index contributed by atoms with van der Waals surface area (Å²) in [5, 5.41) is 5.57. The molecule has 0 radical (unpaired) electrons. The van der Waals surface area contributed by atoms with E-state index in [1.54, 1.807) is 0 Å². The maximum atomic E-state index is 12.7. The zero-order valence-electron chi connectivity index (χ0n) is 17.6. The molecular formula is C24H29N3O3. The Bertz CT molecular complexity index is 880. The molecule has 6 heteroatoms. The van der Waals surface area contributed by atoms with Crippen molar-refractivity contribution < 1.29 is 14.4 Å². The number of nitrogens with one attached hydrogen (secondary N) is 2. The van der Waals surface area contributed by atoms with E-state index in [0.29, 0.717) is 0 Å². The van der Waals surface area contributed by atoms with Crippen molar-refractivity contribution in [3.8, 4) is 0 Å². The molecule has 1 saturated heterocycles. The summed E-state index contributed by atoms with van der Waals surface area (Å²) in [6.07, 6.45) is 3.75. The number of amides is 4. The largest absolute Gasteiger partial charge is 0.326 e. The van der Waals surface area contributed by atoms with E-state index >= 15 is 0 Å². The molecule has 0 bridgehead atoms. The van der Waals surface area contributed by atoms with Crippen molar-refractivity contribution in [3.63, 3.8) is 0 Å². The number of unbranched alkanes of at least 4 members (excludes halogenated alkanes) is 1. The fraction of sp³-hybridized carbons (Fsp3) is 0.375. The number of imide groups is 1. The number of carbonyl (C=O) groups is 3. The van der Waals surface area contributed by atoms with Crippen LogP contribution in [0.2, 0.25) is 0 Å². The molecule has 1 fully saturated rings. The highest BCUT2D eigenvalue weighted by Crippen LogP contribution is 2.25. The molecule has 2 aromatic carbocycles. The van der Waals surface area contributed by atoms with Gasteiger partial charge in [0.15, 0.2) is 0 Å². The van der Waals surface area contributed by atoms with Gasteiger partial charge in [0.1, 0.15) is 6.04 Å². The average molecular weight is 408 g/mol. The first-order chi connectivity index (χ1) is 14.5. The van der Waals surface area contributed by atoms with Crippen LogP contribution in [0.15, 0.2) is 54.6 Å². The Labute approximate surface area is 177 Å². The Morgan fingerprint density at radius 3 is 2.47 bits per heavy atom. The molecule has 2 aromatic rings. The number of hydrogen-bond donors (Lipinski definition) is 2. The molecule has 0 aliphatic carbocycles. The molecule has 0 saturated carbocycles. The molecular weight excluding hydrogens is 378 g/mol. The minimum absolute atomic E-state index is 0.155. The second kappa shape index (κ2) is 10.1. The fourth-order valence-corrected chi connectivity index (χ4v) is 3.63. The first-order valence-electron chi connectivity index (χ1n) is 10.6. The van der Waals surface area contributed by atoms with Crippen molar-refractivity contribution in [1.82, 2.24) is 10.2 Å². The summed E-state index contributed by atoms with van der Waals surface area (Å²) < 4.78 is 0. The van der Waals surface area contributed by atoms with Crippen LogP contribution in [0, 0.1) is 0 Å². The van der Waals surface area contributed by atoms with Crippen LogP contribution in [0.5, 0.6) is 0 Å². The molecule has 0 spiro atoms. The van der Waals surface area contributed by atoms with E-state index in [-0.39, 0.29) is 30.7 Å². The molecule has 4 amide bonds. The molecule has 2 atom stereocenters. The summed E-state index contributed by atoms with van der Waals surface area (Å²) in [4.78, 5) is 38.6. The lowest BCUT2D eigenvalue weighted by molar-refractivity contribution is -0.129. The van der Waals surface area contributed by atoms with Crippen molar-refractivity contribution in [2.24, 2.45) is 0 Å². The third-order valence-corrected chi connectivity index (χ3v) is 5.44. The number of nitrogens with zero attached hydrogens (tertiary/aromatic N) is 1. The van der Waals surface area contributed by atoms with Gasteiger partial charge in [-0.05, 0) is 49.4 Å². The van der Waals surface area contributed by atoms with Crippen LogP contribution >= 0.6 is 0 Å². The molecule has 1 aliphatic heterocycles. The van der Waals surface area contributed by atoms with Gasteiger partial charge in [-0.25, -0.2) is 4.79 Å². The smallest absolute Gasteiger partial charge is 0.325 e. The zero-order chi connectivity index (χ0) is 21.5. The molecule has 0 aromatic heterocycles. The summed E-state index contributed by atoms with van der Waals surface area (Å²) in [6, 6.07) is 15.8. The van der Waals surface area contributed by atoms with Crippen molar-refractivity contribution >= 4 is 23.5 Å². The monoisotopic (exact) mass is 407 g/mol. The number of carbonyl (C=O) groups excluding carboxylic acids is 3. The van der Waals surface area contributed by atoms with Gasteiger partial charge in [0, 0.05) is 12.1 Å². The van der Waals surface area contributed by atoms with Gasteiger partial charge in [0.25, 0.3) is 5.91 Å². The lowest BCUT2D eigenvalue weighted by Crippen LogP contribution is -2.34.